The summed E-state index contributed by atoms with van der Waals surface area (Å²) in [4.78, 5) is 6.58. The van der Waals surface area contributed by atoms with Gasteiger partial charge in [-0.15, -0.1) is 0 Å². The molecule has 0 aromatic carbocycles. The molecular formula is C13H22ClN3O2S. The summed E-state index contributed by atoms with van der Waals surface area (Å²) in [6, 6.07) is 0. The van der Waals surface area contributed by atoms with E-state index in [1.54, 1.807) is 6.20 Å². The molecule has 0 bridgehead atoms. The van der Waals surface area contributed by atoms with Crippen molar-refractivity contribution in [2.75, 3.05) is 19.6 Å². The van der Waals surface area contributed by atoms with Gasteiger partial charge in [-0.2, -0.15) is 0 Å². The first-order valence-corrected chi connectivity index (χ1v) is 9.54. The van der Waals surface area contributed by atoms with Crippen molar-refractivity contribution in [2.45, 2.75) is 50.6 Å². The summed E-state index contributed by atoms with van der Waals surface area (Å²) in [5.74, 6) is 0.809. The van der Waals surface area contributed by atoms with Crippen molar-refractivity contribution in [3.63, 3.8) is 0 Å². The lowest BCUT2D eigenvalue weighted by Crippen LogP contribution is -2.32. The van der Waals surface area contributed by atoms with Gasteiger partial charge in [0.1, 0.15) is 5.82 Å². The Bertz CT molecular complexity index is 536. The van der Waals surface area contributed by atoms with Crippen LogP contribution in [-0.2, 0) is 22.0 Å². The lowest BCUT2D eigenvalue weighted by Gasteiger charge is -2.26. The van der Waals surface area contributed by atoms with Crippen LogP contribution in [0.3, 0.4) is 0 Å². The van der Waals surface area contributed by atoms with Gasteiger partial charge in [-0.05, 0) is 32.4 Å². The molecular weight excluding hydrogens is 298 g/mol. The fraction of sp³-hybridized carbons (Fsp3) is 0.769. The third kappa shape index (κ3) is 4.20. The quantitative estimate of drug-likeness (QED) is 0.755. The van der Waals surface area contributed by atoms with E-state index < -0.39 is 9.05 Å². The van der Waals surface area contributed by atoms with E-state index in [4.69, 9.17) is 10.7 Å². The molecule has 5 nitrogen and oxygen atoms in total. The summed E-state index contributed by atoms with van der Waals surface area (Å²) in [6.45, 7) is 6.04. The molecule has 1 saturated heterocycles. The third-order valence-corrected chi connectivity index (χ3v) is 4.84. The first-order chi connectivity index (χ1) is 9.50. The van der Waals surface area contributed by atoms with Crippen molar-refractivity contribution in [2.24, 2.45) is 0 Å². The first-order valence-electron chi connectivity index (χ1n) is 7.24. The number of rotatable bonds is 6. The van der Waals surface area contributed by atoms with Crippen molar-refractivity contribution in [3.05, 3.63) is 12.0 Å². The Balaban J connectivity index is 2.06. The topological polar surface area (TPSA) is 55.2 Å². The zero-order valence-electron chi connectivity index (χ0n) is 11.9. The number of aromatic nitrogens is 2. The Morgan fingerprint density at radius 2 is 1.95 bits per heavy atom. The van der Waals surface area contributed by atoms with E-state index in [1.165, 1.54) is 19.3 Å². The van der Waals surface area contributed by atoms with Gasteiger partial charge in [0.15, 0.2) is 5.03 Å². The number of aryl methyl sites for hydroxylation is 1. The van der Waals surface area contributed by atoms with E-state index in [2.05, 4.69) is 16.8 Å². The van der Waals surface area contributed by atoms with Gasteiger partial charge in [0.05, 0.1) is 0 Å². The fourth-order valence-electron chi connectivity index (χ4n) is 2.59. The number of likely N-dealkylation sites (tertiary alicyclic amines) is 1. The number of imidazole rings is 1. The molecule has 114 valence electrons. The number of piperidine rings is 1. The Morgan fingerprint density at radius 3 is 2.55 bits per heavy atom. The predicted molar refractivity (Wildman–Crippen MR) is 79.6 cm³/mol. The number of hydrogen-bond donors (Lipinski definition) is 0. The van der Waals surface area contributed by atoms with E-state index in [9.17, 15) is 8.42 Å². The summed E-state index contributed by atoms with van der Waals surface area (Å²) in [5, 5.41) is -0.0266. The van der Waals surface area contributed by atoms with E-state index in [0.717, 1.165) is 44.8 Å². The molecule has 0 amide bonds. The van der Waals surface area contributed by atoms with Crippen LogP contribution >= 0.6 is 10.7 Å². The van der Waals surface area contributed by atoms with Crippen LogP contribution in [0.5, 0.6) is 0 Å². The average Bonchev–Trinajstić information content (AvgIpc) is 2.81. The summed E-state index contributed by atoms with van der Waals surface area (Å²) >= 11 is 0. The molecule has 1 aliphatic heterocycles. The van der Waals surface area contributed by atoms with Gasteiger partial charge < -0.3 is 9.47 Å². The van der Waals surface area contributed by atoms with E-state index in [1.807, 2.05) is 4.57 Å². The fourth-order valence-corrected chi connectivity index (χ4v) is 3.29. The van der Waals surface area contributed by atoms with Gasteiger partial charge in [0.2, 0.25) is 0 Å². The summed E-state index contributed by atoms with van der Waals surface area (Å²) in [7, 11) is 1.64. The van der Waals surface area contributed by atoms with Gasteiger partial charge in [0.25, 0.3) is 9.05 Å². The predicted octanol–water partition coefficient (Wildman–Crippen LogP) is 2.25. The second-order valence-electron chi connectivity index (χ2n) is 5.28. The van der Waals surface area contributed by atoms with Gasteiger partial charge in [-0.3, -0.25) is 0 Å². The van der Waals surface area contributed by atoms with Crippen LogP contribution < -0.4 is 0 Å². The molecule has 1 fully saturated rings. The van der Waals surface area contributed by atoms with Crippen LogP contribution in [0.2, 0.25) is 0 Å². The lowest BCUT2D eigenvalue weighted by atomic mass is 10.1. The maximum Gasteiger partial charge on any atom is 0.280 e. The minimum Gasteiger partial charge on any atom is -0.332 e. The van der Waals surface area contributed by atoms with Crippen molar-refractivity contribution >= 4 is 19.7 Å². The van der Waals surface area contributed by atoms with Crippen molar-refractivity contribution in [1.82, 2.24) is 14.5 Å². The van der Waals surface area contributed by atoms with Crippen LogP contribution in [0.1, 0.15) is 38.4 Å². The van der Waals surface area contributed by atoms with Crippen molar-refractivity contribution < 1.29 is 8.42 Å². The molecule has 7 heteroatoms. The first kappa shape index (κ1) is 15.8. The Labute approximate surface area is 125 Å². The van der Waals surface area contributed by atoms with Gasteiger partial charge in [0, 0.05) is 36.4 Å². The monoisotopic (exact) mass is 319 g/mol. The summed E-state index contributed by atoms with van der Waals surface area (Å²) in [5.41, 5.74) is 0. The zero-order valence-corrected chi connectivity index (χ0v) is 13.5. The Morgan fingerprint density at radius 1 is 1.25 bits per heavy atom. The molecule has 0 atom stereocenters. The lowest BCUT2D eigenvalue weighted by molar-refractivity contribution is 0.220. The van der Waals surface area contributed by atoms with Gasteiger partial charge >= 0.3 is 0 Å². The highest BCUT2D eigenvalue weighted by atomic mass is 35.7. The number of halogens is 1. The molecule has 0 aliphatic carbocycles. The zero-order chi connectivity index (χ0) is 14.6. The minimum absolute atomic E-state index is 0.0266. The molecule has 1 aromatic rings. The normalized spacial score (nSPS) is 17.5. The maximum atomic E-state index is 11.4. The molecule has 0 spiro atoms. The van der Waals surface area contributed by atoms with Crippen molar-refractivity contribution in [1.29, 1.82) is 0 Å². The summed E-state index contributed by atoms with van der Waals surface area (Å²) in [6.07, 6.45) is 7.10. The molecule has 0 unspecified atom stereocenters. The van der Waals surface area contributed by atoms with Crippen LogP contribution in [-0.4, -0.2) is 42.5 Å². The highest BCUT2D eigenvalue weighted by molar-refractivity contribution is 8.13. The highest BCUT2D eigenvalue weighted by Crippen LogP contribution is 2.16. The van der Waals surface area contributed by atoms with E-state index in [-0.39, 0.29) is 5.03 Å². The molecule has 1 aromatic heterocycles. The molecule has 0 N–H and O–H groups in total. The standard InChI is InChI=1S/C13H22ClN3O2S/c1-2-6-12-15-13(20(14,18)19)11-17(12)10-9-16-7-4-3-5-8-16/h11H,2-10H2,1H3. The van der Waals surface area contributed by atoms with Crippen LogP contribution in [0.4, 0.5) is 0 Å². The molecule has 1 aliphatic rings. The van der Waals surface area contributed by atoms with Crippen LogP contribution in [0, 0.1) is 0 Å². The minimum atomic E-state index is -3.74. The molecule has 0 radical (unpaired) electrons. The van der Waals surface area contributed by atoms with Crippen LogP contribution in [0.25, 0.3) is 0 Å². The molecule has 0 saturated carbocycles. The Hall–Kier alpha value is -0.590. The van der Waals surface area contributed by atoms with Gasteiger partial charge in [-0.25, -0.2) is 13.4 Å². The van der Waals surface area contributed by atoms with Crippen molar-refractivity contribution in [3.8, 4) is 0 Å². The molecule has 2 heterocycles. The van der Waals surface area contributed by atoms with Gasteiger partial charge in [-0.1, -0.05) is 13.3 Å². The molecule has 20 heavy (non-hydrogen) atoms. The SMILES string of the molecule is CCCc1nc(S(=O)(=O)Cl)cn1CCN1CCCCC1. The second kappa shape index (κ2) is 6.91. The smallest absolute Gasteiger partial charge is 0.280 e. The second-order valence-corrected chi connectivity index (χ2v) is 7.79. The van der Waals surface area contributed by atoms with Crippen LogP contribution in [0.15, 0.2) is 11.2 Å². The number of nitrogens with zero attached hydrogens (tertiary/aromatic N) is 3. The average molecular weight is 320 g/mol. The van der Waals surface area contributed by atoms with E-state index >= 15 is 0 Å². The highest BCUT2D eigenvalue weighted by Gasteiger charge is 2.18. The largest absolute Gasteiger partial charge is 0.332 e. The maximum absolute atomic E-state index is 11.4. The molecule has 2 rings (SSSR count). The Kier molecular flexibility index (Phi) is 5.46. The summed E-state index contributed by atoms with van der Waals surface area (Å²) < 4.78 is 24.7. The van der Waals surface area contributed by atoms with E-state index in [0.29, 0.717) is 0 Å². The number of hydrogen-bond acceptors (Lipinski definition) is 4. The third-order valence-electron chi connectivity index (χ3n) is 3.67.